The summed E-state index contributed by atoms with van der Waals surface area (Å²) in [5.41, 5.74) is 0. The van der Waals surface area contributed by atoms with E-state index < -0.39 is 16.6 Å². The Bertz CT molecular complexity index is 652. The van der Waals surface area contributed by atoms with Crippen molar-refractivity contribution in [2.75, 3.05) is 5.75 Å². The fourth-order valence-corrected chi connectivity index (χ4v) is 3.65. The summed E-state index contributed by atoms with van der Waals surface area (Å²) in [6.07, 6.45) is 0. The average Bonchev–Trinajstić information content (AvgIpc) is 2.79. The van der Waals surface area contributed by atoms with Crippen LogP contribution in [0, 0.1) is 12.7 Å². The number of carbonyl (C=O) groups is 1. The second kappa shape index (κ2) is 5.94. The van der Waals surface area contributed by atoms with Crippen molar-refractivity contribution in [1.29, 1.82) is 0 Å². The monoisotopic (exact) mass is 316 g/mol. The van der Waals surface area contributed by atoms with Gasteiger partial charge in [-0.3, -0.25) is 9.00 Å². The summed E-state index contributed by atoms with van der Waals surface area (Å²) >= 11 is 6.99. The molecular weight excluding hydrogens is 307 g/mol. The van der Waals surface area contributed by atoms with Crippen LogP contribution in [0.25, 0.3) is 0 Å². The lowest BCUT2D eigenvalue weighted by molar-refractivity contribution is 0.102. The van der Waals surface area contributed by atoms with Crippen molar-refractivity contribution in [2.24, 2.45) is 0 Å². The van der Waals surface area contributed by atoms with Crippen LogP contribution in [0.5, 0.6) is 0 Å². The van der Waals surface area contributed by atoms with Crippen LogP contribution in [-0.4, -0.2) is 15.7 Å². The molecule has 0 saturated heterocycles. The first-order valence-corrected chi connectivity index (χ1v) is 7.92. The van der Waals surface area contributed by atoms with Crippen molar-refractivity contribution in [3.05, 3.63) is 50.9 Å². The minimum Gasteiger partial charge on any atom is -0.292 e. The van der Waals surface area contributed by atoms with Gasteiger partial charge in [0.05, 0.1) is 26.5 Å². The Kier molecular flexibility index (Phi) is 4.50. The Hall–Kier alpha value is -1.04. The van der Waals surface area contributed by atoms with Crippen LogP contribution >= 0.6 is 22.9 Å². The first-order valence-electron chi connectivity index (χ1n) is 5.40. The molecule has 2 aromatic rings. The van der Waals surface area contributed by atoms with Gasteiger partial charge in [0.15, 0.2) is 5.78 Å². The molecule has 0 radical (unpaired) electrons. The Labute approximate surface area is 121 Å². The Morgan fingerprint density at radius 2 is 2.11 bits per heavy atom. The number of halogens is 2. The summed E-state index contributed by atoms with van der Waals surface area (Å²) in [6, 6.07) is 7.38. The van der Waals surface area contributed by atoms with Crippen molar-refractivity contribution in [3.8, 4) is 0 Å². The van der Waals surface area contributed by atoms with Crippen molar-refractivity contribution >= 4 is 39.5 Å². The molecule has 0 bridgehead atoms. The summed E-state index contributed by atoms with van der Waals surface area (Å²) in [4.78, 5) is 13.9. The lowest BCUT2D eigenvalue weighted by atomic mass is 10.3. The number of ketones is 1. The number of rotatable bonds is 4. The van der Waals surface area contributed by atoms with E-state index >= 15 is 0 Å². The molecule has 0 aliphatic carbocycles. The second-order valence-electron chi connectivity index (χ2n) is 3.90. The standard InChI is InChI=1S/C13H10ClFO2S2/c1-8-2-5-13(18-8)12(16)7-19(17)9-3-4-11(15)10(14)6-9/h2-6H,7H2,1H3. The Morgan fingerprint density at radius 3 is 2.68 bits per heavy atom. The zero-order valence-electron chi connectivity index (χ0n) is 9.98. The molecule has 2 rings (SSSR count). The molecular formula is C13H10ClFO2S2. The molecule has 0 aliphatic rings. The SMILES string of the molecule is Cc1ccc(C(=O)CS(=O)c2ccc(F)c(Cl)c2)s1. The minimum absolute atomic E-state index is 0.0923. The van der Waals surface area contributed by atoms with E-state index in [1.165, 1.54) is 23.5 Å². The molecule has 1 unspecified atom stereocenters. The highest BCUT2D eigenvalue weighted by Crippen LogP contribution is 2.20. The molecule has 19 heavy (non-hydrogen) atoms. The molecule has 100 valence electrons. The van der Waals surface area contributed by atoms with Gasteiger partial charge in [0, 0.05) is 9.77 Å². The first-order chi connectivity index (χ1) is 8.97. The quantitative estimate of drug-likeness (QED) is 0.803. The van der Waals surface area contributed by atoms with Crippen LogP contribution < -0.4 is 0 Å². The van der Waals surface area contributed by atoms with Crippen LogP contribution in [-0.2, 0) is 10.8 Å². The number of Topliss-reactive ketones (excluding diaryl/α,β-unsaturated/α-hetero) is 1. The van der Waals surface area contributed by atoms with Crippen LogP contribution in [0.4, 0.5) is 4.39 Å². The maximum Gasteiger partial charge on any atom is 0.185 e. The van der Waals surface area contributed by atoms with Gasteiger partial charge < -0.3 is 0 Å². The number of benzene rings is 1. The van der Waals surface area contributed by atoms with Crippen molar-refractivity contribution < 1.29 is 13.4 Å². The van der Waals surface area contributed by atoms with Gasteiger partial charge in [-0.25, -0.2) is 4.39 Å². The van der Waals surface area contributed by atoms with E-state index in [2.05, 4.69) is 0 Å². The van der Waals surface area contributed by atoms with Gasteiger partial charge in [-0.05, 0) is 37.3 Å². The van der Waals surface area contributed by atoms with Gasteiger partial charge in [0.2, 0.25) is 0 Å². The molecule has 1 atom stereocenters. The lowest BCUT2D eigenvalue weighted by Crippen LogP contribution is -2.09. The van der Waals surface area contributed by atoms with E-state index in [-0.39, 0.29) is 16.6 Å². The number of carbonyl (C=O) groups excluding carboxylic acids is 1. The van der Waals surface area contributed by atoms with Gasteiger partial charge >= 0.3 is 0 Å². The Balaban J connectivity index is 2.12. The molecule has 0 amide bonds. The number of aryl methyl sites for hydroxylation is 1. The molecule has 1 heterocycles. The highest BCUT2D eigenvalue weighted by Gasteiger charge is 2.15. The Morgan fingerprint density at radius 1 is 1.37 bits per heavy atom. The fourth-order valence-electron chi connectivity index (χ4n) is 1.48. The maximum absolute atomic E-state index is 13.0. The molecule has 0 fully saturated rings. The highest BCUT2D eigenvalue weighted by molar-refractivity contribution is 7.85. The summed E-state index contributed by atoms with van der Waals surface area (Å²) < 4.78 is 25.0. The molecule has 1 aromatic carbocycles. The average molecular weight is 317 g/mol. The van der Waals surface area contributed by atoms with Crippen molar-refractivity contribution in [3.63, 3.8) is 0 Å². The van der Waals surface area contributed by atoms with Gasteiger partial charge in [0.25, 0.3) is 0 Å². The van der Waals surface area contributed by atoms with E-state index in [9.17, 15) is 13.4 Å². The topological polar surface area (TPSA) is 34.1 Å². The van der Waals surface area contributed by atoms with Gasteiger partial charge in [-0.1, -0.05) is 11.6 Å². The summed E-state index contributed by atoms with van der Waals surface area (Å²) in [6.45, 7) is 1.90. The number of hydrogen-bond donors (Lipinski definition) is 0. The zero-order chi connectivity index (χ0) is 14.0. The van der Waals surface area contributed by atoms with Gasteiger partial charge in [0.1, 0.15) is 5.82 Å². The number of hydrogen-bond acceptors (Lipinski definition) is 3. The van der Waals surface area contributed by atoms with Crippen LogP contribution in [0.15, 0.2) is 35.2 Å². The second-order valence-corrected chi connectivity index (χ2v) is 7.05. The fraction of sp³-hybridized carbons (Fsp3) is 0.154. The van der Waals surface area contributed by atoms with Crippen LogP contribution in [0.1, 0.15) is 14.5 Å². The van der Waals surface area contributed by atoms with Crippen LogP contribution in [0.3, 0.4) is 0 Å². The highest BCUT2D eigenvalue weighted by atomic mass is 35.5. The van der Waals surface area contributed by atoms with E-state index in [0.717, 1.165) is 10.9 Å². The molecule has 1 aromatic heterocycles. The smallest absolute Gasteiger partial charge is 0.185 e. The van der Waals surface area contributed by atoms with Crippen molar-refractivity contribution in [2.45, 2.75) is 11.8 Å². The summed E-state index contributed by atoms with van der Waals surface area (Å²) in [5, 5.41) is -0.0923. The van der Waals surface area contributed by atoms with E-state index in [1.54, 1.807) is 6.07 Å². The van der Waals surface area contributed by atoms with Crippen LogP contribution in [0.2, 0.25) is 5.02 Å². The van der Waals surface area contributed by atoms with Crippen molar-refractivity contribution in [1.82, 2.24) is 0 Å². The zero-order valence-corrected chi connectivity index (χ0v) is 12.4. The third-order valence-electron chi connectivity index (χ3n) is 2.43. The van der Waals surface area contributed by atoms with Gasteiger partial charge in [-0.2, -0.15) is 0 Å². The third-order valence-corrected chi connectivity index (χ3v) is 5.07. The van der Waals surface area contributed by atoms with E-state index in [1.807, 2.05) is 13.0 Å². The molecule has 0 spiro atoms. The molecule has 0 saturated carbocycles. The summed E-state index contributed by atoms with van der Waals surface area (Å²) in [5.74, 6) is -0.874. The largest absolute Gasteiger partial charge is 0.292 e. The maximum atomic E-state index is 13.0. The number of thiophene rings is 1. The summed E-state index contributed by atoms with van der Waals surface area (Å²) in [7, 11) is -1.52. The third kappa shape index (κ3) is 3.49. The first kappa shape index (κ1) is 14.4. The normalized spacial score (nSPS) is 12.4. The molecule has 0 aliphatic heterocycles. The molecule has 2 nitrogen and oxygen atoms in total. The molecule has 6 heteroatoms. The molecule has 0 N–H and O–H groups in total. The van der Waals surface area contributed by atoms with E-state index in [4.69, 9.17) is 11.6 Å². The minimum atomic E-state index is -1.52. The lowest BCUT2D eigenvalue weighted by Gasteiger charge is -2.02. The van der Waals surface area contributed by atoms with Gasteiger partial charge in [-0.15, -0.1) is 11.3 Å². The predicted molar refractivity (Wildman–Crippen MR) is 76.1 cm³/mol. The predicted octanol–water partition coefficient (Wildman–Crippen LogP) is 3.84. The van der Waals surface area contributed by atoms with E-state index in [0.29, 0.717) is 9.77 Å².